The van der Waals surface area contributed by atoms with Crippen molar-refractivity contribution in [2.75, 3.05) is 0 Å². The van der Waals surface area contributed by atoms with Crippen molar-refractivity contribution in [1.82, 2.24) is 9.13 Å². The molecule has 0 atom stereocenters. The summed E-state index contributed by atoms with van der Waals surface area (Å²) in [6.45, 7) is 9.65. The predicted molar refractivity (Wildman–Crippen MR) is 321 cm³/mol. The van der Waals surface area contributed by atoms with Crippen LogP contribution < -0.4 is 0 Å². The highest BCUT2D eigenvalue weighted by molar-refractivity contribution is 7.27. The molecule has 0 unspecified atom stereocenters. The van der Waals surface area contributed by atoms with Gasteiger partial charge >= 0.3 is 0 Å². The van der Waals surface area contributed by atoms with Crippen molar-refractivity contribution in [2.24, 2.45) is 0 Å². The van der Waals surface area contributed by atoms with Crippen molar-refractivity contribution < 1.29 is 0 Å². The van der Waals surface area contributed by atoms with Gasteiger partial charge in [0.1, 0.15) is 6.07 Å². The molecule has 4 nitrogen and oxygen atoms in total. The Morgan fingerprint density at radius 3 is 1.49 bits per heavy atom. The van der Waals surface area contributed by atoms with Crippen molar-refractivity contribution in [3.63, 3.8) is 0 Å². The number of hydrogen-bond donors (Lipinski definition) is 0. The molecule has 0 aliphatic rings. The van der Waals surface area contributed by atoms with E-state index in [4.69, 9.17) is 4.85 Å². The van der Waals surface area contributed by atoms with Crippen LogP contribution in [0.5, 0.6) is 0 Å². The summed E-state index contributed by atoms with van der Waals surface area (Å²) in [5.74, 6) is 0. The predicted octanol–water partition coefficient (Wildman–Crippen LogP) is 20.4. The smallest absolute Gasteiger partial charge is 0.221 e. The van der Waals surface area contributed by atoms with Gasteiger partial charge < -0.3 is 9.13 Å². The van der Waals surface area contributed by atoms with Crippen LogP contribution in [0.1, 0.15) is 5.56 Å². The molecule has 11 aromatic carbocycles. The van der Waals surface area contributed by atoms with Crippen molar-refractivity contribution in [3.8, 4) is 50.8 Å². The van der Waals surface area contributed by atoms with Crippen LogP contribution in [0.2, 0.25) is 0 Å². The summed E-state index contributed by atoms with van der Waals surface area (Å²) in [6.07, 6.45) is 0. The molecule has 0 saturated heterocycles. The van der Waals surface area contributed by atoms with Crippen molar-refractivity contribution >= 4 is 144 Å². The topological polar surface area (TPSA) is 38.0 Å². The summed E-state index contributed by atoms with van der Waals surface area (Å²) in [6, 6.07) is 80.7. The Balaban J connectivity index is 1.13. The van der Waals surface area contributed by atoms with Gasteiger partial charge in [-0.2, -0.15) is 5.26 Å². The third-order valence-electron chi connectivity index (χ3n) is 15.4. The maximum absolute atomic E-state index is 12.4. The summed E-state index contributed by atoms with van der Waals surface area (Å²) in [4.78, 5) is 4.73. The molecule has 16 rings (SSSR count). The van der Waals surface area contributed by atoms with Gasteiger partial charge in [-0.1, -0.05) is 188 Å². The van der Waals surface area contributed by atoms with Crippen LogP contribution in [0.3, 0.4) is 0 Å². The standard InChI is InChI=1S/C68H36N4S3/c1-70-61-60(41-22-9-4-10-23-41)65(71-54-29-14-11-24-43(54)51-36-52-48-28-17-27-42(39-18-5-2-6-19-39)66(48)75-58(52)37-55(51)71)59(40-20-7-3-8-21-40)53(38-69)62(61)72-63-46(32-34-49-44-25-12-15-30-56(44)73-67(49)63)47-33-35-50-45-26-13-16-31-57(45)74-68(50)64(47)72/h2-37H. The SMILES string of the molecule is [C-]#[N+]c1c(-c2ccccc2)c(-n2c3ccccc3c3cc4c(cc32)sc2c(-c3ccccc3)cccc24)c(-c2ccccc2)c(C#N)c1-n1c2c(ccc3c4ccccc4sc32)c2ccc3c4ccccc4sc3c21. The number of nitrogens with zero attached hydrogens (tertiary/aromatic N) is 4. The van der Waals surface area contributed by atoms with E-state index in [9.17, 15) is 11.8 Å². The number of fused-ring (bicyclic) bond motifs is 17. The third-order valence-corrected chi connectivity index (χ3v) is 19.0. The van der Waals surface area contributed by atoms with E-state index in [0.29, 0.717) is 16.9 Å². The highest BCUT2D eigenvalue weighted by atomic mass is 32.1. The first-order valence-corrected chi connectivity index (χ1v) is 27.4. The summed E-state index contributed by atoms with van der Waals surface area (Å²) in [5, 5.41) is 23.8. The quantitative estimate of drug-likeness (QED) is 0.158. The molecule has 0 amide bonds. The van der Waals surface area contributed by atoms with E-state index in [2.05, 4.69) is 221 Å². The Morgan fingerprint density at radius 1 is 0.373 bits per heavy atom. The fourth-order valence-electron chi connectivity index (χ4n) is 12.2. The lowest BCUT2D eigenvalue weighted by Crippen LogP contribution is -2.08. The number of aromatic nitrogens is 2. The van der Waals surface area contributed by atoms with Gasteiger partial charge in [-0.3, -0.25) is 0 Å². The molecule has 0 aliphatic heterocycles. The zero-order valence-corrected chi connectivity index (χ0v) is 42.2. The van der Waals surface area contributed by atoms with Crippen LogP contribution in [-0.2, 0) is 0 Å². The van der Waals surface area contributed by atoms with Gasteiger partial charge in [-0.25, -0.2) is 4.85 Å². The molecule has 346 valence electrons. The minimum absolute atomic E-state index is 0.420. The largest absolute Gasteiger partial charge is 0.315 e. The third kappa shape index (κ3) is 5.89. The Bertz CT molecular complexity index is 4990. The molecule has 7 heteroatoms. The molecule has 0 aliphatic carbocycles. The normalized spacial score (nSPS) is 12.0. The van der Waals surface area contributed by atoms with Crippen LogP contribution >= 0.6 is 34.0 Å². The molecule has 0 fully saturated rings. The highest BCUT2D eigenvalue weighted by Crippen LogP contribution is 2.55. The van der Waals surface area contributed by atoms with E-state index >= 15 is 0 Å². The number of rotatable bonds is 5. The lowest BCUT2D eigenvalue weighted by Gasteiger charge is -2.25. The van der Waals surface area contributed by atoms with Crippen molar-refractivity contribution in [3.05, 3.63) is 235 Å². The molecule has 75 heavy (non-hydrogen) atoms. The number of nitriles is 1. The maximum atomic E-state index is 12.4. The van der Waals surface area contributed by atoms with E-state index in [1.165, 1.54) is 51.5 Å². The fourth-order valence-corrected chi connectivity index (χ4v) is 16.0. The molecule has 5 heterocycles. The molecule has 16 aromatic rings. The molecule has 0 radical (unpaired) electrons. The zero-order chi connectivity index (χ0) is 49.5. The van der Waals surface area contributed by atoms with E-state index in [0.717, 1.165) is 91.7 Å². The Morgan fingerprint density at radius 2 is 0.880 bits per heavy atom. The second-order valence-electron chi connectivity index (χ2n) is 19.2. The van der Waals surface area contributed by atoms with Crippen LogP contribution in [0.4, 0.5) is 5.69 Å². The monoisotopic (exact) mass is 1000 g/mol. The second kappa shape index (κ2) is 16.1. The molecule has 0 N–H and O–H groups in total. The minimum atomic E-state index is 0.420. The number of benzene rings is 11. The second-order valence-corrected chi connectivity index (χ2v) is 22.4. The first kappa shape index (κ1) is 42.2. The molecular weight excluding hydrogens is 969 g/mol. The van der Waals surface area contributed by atoms with E-state index in [1.54, 1.807) is 22.7 Å². The van der Waals surface area contributed by atoms with Crippen molar-refractivity contribution in [2.45, 2.75) is 0 Å². The van der Waals surface area contributed by atoms with Gasteiger partial charge in [0.15, 0.2) is 0 Å². The highest BCUT2D eigenvalue weighted by Gasteiger charge is 2.33. The van der Waals surface area contributed by atoms with E-state index in [1.807, 2.05) is 23.5 Å². The Kier molecular flexibility index (Phi) is 9.05. The number of thiophene rings is 3. The maximum Gasteiger partial charge on any atom is 0.221 e. The fraction of sp³-hybridized carbons (Fsp3) is 0. The van der Waals surface area contributed by atoms with E-state index < -0.39 is 0 Å². The van der Waals surface area contributed by atoms with Crippen LogP contribution in [-0.4, -0.2) is 9.13 Å². The Hall–Kier alpha value is -9.34. The lowest BCUT2D eigenvalue weighted by molar-refractivity contribution is 1.15. The molecular formula is C68H36N4S3. The summed E-state index contributed by atoms with van der Waals surface area (Å²) in [7, 11) is 0. The van der Waals surface area contributed by atoms with Gasteiger partial charge in [-0.15, -0.1) is 34.0 Å². The molecule has 0 bridgehead atoms. The minimum Gasteiger partial charge on any atom is -0.315 e. The summed E-state index contributed by atoms with van der Waals surface area (Å²) < 4.78 is 11.7. The van der Waals surface area contributed by atoms with Crippen molar-refractivity contribution in [1.29, 1.82) is 5.26 Å². The molecule has 0 spiro atoms. The van der Waals surface area contributed by atoms with E-state index in [-0.39, 0.29) is 0 Å². The average Bonchev–Trinajstić information content (AvgIpc) is 4.41. The summed E-state index contributed by atoms with van der Waals surface area (Å²) in [5.41, 5.74) is 12.0. The van der Waals surface area contributed by atoms with Gasteiger partial charge in [0.2, 0.25) is 5.69 Å². The van der Waals surface area contributed by atoms with Crippen LogP contribution in [0.15, 0.2) is 218 Å². The lowest BCUT2D eigenvalue weighted by atomic mass is 9.88. The molecule has 5 aromatic heterocycles. The Labute approximate surface area is 441 Å². The first-order chi connectivity index (χ1) is 37.2. The van der Waals surface area contributed by atoms with Gasteiger partial charge in [0.05, 0.1) is 55.0 Å². The average molecular weight is 1010 g/mol. The first-order valence-electron chi connectivity index (χ1n) is 24.9. The van der Waals surface area contributed by atoms with Gasteiger partial charge in [-0.05, 0) is 52.6 Å². The summed E-state index contributed by atoms with van der Waals surface area (Å²) >= 11 is 5.38. The van der Waals surface area contributed by atoms with Crippen LogP contribution in [0.25, 0.3) is 154 Å². The number of hydrogen-bond acceptors (Lipinski definition) is 4. The number of para-hydroxylation sites is 1. The van der Waals surface area contributed by atoms with Gasteiger partial charge in [0.25, 0.3) is 0 Å². The van der Waals surface area contributed by atoms with Gasteiger partial charge in [0, 0.05) is 83.8 Å². The zero-order valence-electron chi connectivity index (χ0n) is 39.8. The van der Waals surface area contributed by atoms with Crippen LogP contribution in [0, 0.1) is 17.9 Å². The molecule has 0 saturated carbocycles.